The van der Waals surface area contributed by atoms with Crippen LogP contribution in [0.15, 0.2) is 0 Å². The zero-order valence-electron chi connectivity index (χ0n) is 7.50. The van der Waals surface area contributed by atoms with Crippen molar-refractivity contribution in [2.45, 2.75) is 24.5 Å². The van der Waals surface area contributed by atoms with Gasteiger partial charge in [-0.15, -0.1) is 0 Å². The molecule has 0 N–H and O–H groups in total. The van der Waals surface area contributed by atoms with Crippen LogP contribution in [0, 0.1) is 0 Å². The Morgan fingerprint density at radius 1 is 1.43 bits per heavy atom. The predicted molar refractivity (Wildman–Crippen MR) is 53.3 cm³/mol. The average molecular weight is 292 g/mol. The Bertz CT molecular complexity index is 279. The summed E-state index contributed by atoms with van der Waals surface area (Å²) in [5.41, 5.74) is 0. The van der Waals surface area contributed by atoms with E-state index >= 15 is 0 Å². The predicted octanol–water partition coefficient (Wildman–Crippen LogP) is 1.44. The Labute approximate surface area is 90.6 Å². The second-order valence-electron chi connectivity index (χ2n) is 3.18. The first-order valence-corrected chi connectivity index (χ1v) is 6.94. The maximum Gasteiger partial charge on any atom is 0.252 e. The molecule has 0 aliphatic heterocycles. The van der Waals surface area contributed by atoms with E-state index < -0.39 is 28.2 Å². The smallest absolute Gasteiger partial charge is 0.212 e. The Morgan fingerprint density at radius 3 is 2.36 bits per heavy atom. The summed E-state index contributed by atoms with van der Waals surface area (Å²) in [6.45, 7) is -0.576. The van der Waals surface area contributed by atoms with Crippen LogP contribution in [-0.4, -0.2) is 42.8 Å². The van der Waals surface area contributed by atoms with E-state index in [-0.39, 0.29) is 6.54 Å². The Balaban J connectivity index is 2.65. The van der Waals surface area contributed by atoms with Crippen LogP contribution in [0.5, 0.6) is 0 Å². The zero-order chi connectivity index (χ0) is 10.8. The van der Waals surface area contributed by atoms with Gasteiger partial charge in [-0.05, 0) is 12.8 Å². The molecule has 0 bridgehead atoms. The molecular weight excluding hydrogens is 280 g/mol. The maximum atomic E-state index is 12.1. The van der Waals surface area contributed by atoms with Crippen LogP contribution in [0.4, 0.5) is 8.78 Å². The summed E-state index contributed by atoms with van der Waals surface area (Å²) in [5, 5.41) is -0.0358. The van der Waals surface area contributed by atoms with Crippen LogP contribution in [0.1, 0.15) is 12.8 Å². The summed E-state index contributed by atoms with van der Waals surface area (Å²) in [5.74, 6) is 0. The summed E-state index contributed by atoms with van der Waals surface area (Å²) in [7, 11) is -3.46. The quantitative estimate of drug-likeness (QED) is 0.695. The monoisotopic (exact) mass is 291 g/mol. The van der Waals surface area contributed by atoms with Gasteiger partial charge in [-0.1, -0.05) is 15.9 Å². The number of halogens is 3. The van der Waals surface area contributed by atoms with Crippen molar-refractivity contribution in [2.24, 2.45) is 0 Å². The molecule has 0 aromatic rings. The van der Waals surface area contributed by atoms with Gasteiger partial charge in [0.05, 0.1) is 11.8 Å². The molecule has 14 heavy (non-hydrogen) atoms. The zero-order valence-corrected chi connectivity index (χ0v) is 9.90. The number of hydrogen-bond donors (Lipinski definition) is 0. The minimum atomic E-state index is -3.46. The summed E-state index contributed by atoms with van der Waals surface area (Å²) in [4.78, 5) is 0. The molecule has 0 atom stereocenters. The lowest BCUT2D eigenvalue weighted by Gasteiger charge is -2.20. The number of sulfonamides is 1. The molecule has 0 saturated heterocycles. The van der Waals surface area contributed by atoms with E-state index in [0.717, 1.165) is 4.31 Å². The molecule has 7 heteroatoms. The van der Waals surface area contributed by atoms with Crippen molar-refractivity contribution in [2.75, 3.05) is 18.4 Å². The topological polar surface area (TPSA) is 37.4 Å². The number of alkyl halides is 3. The highest BCUT2D eigenvalue weighted by Gasteiger charge is 2.40. The summed E-state index contributed by atoms with van der Waals surface area (Å²) in [6, 6.07) is 0. The summed E-state index contributed by atoms with van der Waals surface area (Å²) in [6.07, 6.45) is -1.41. The van der Waals surface area contributed by atoms with Crippen LogP contribution in [0.2, 0.25) is 0 Å². The Hall–Kier alpha value is 0.250. The van der Waals surface area contributed by atoms with Gasteiger partial charge in [0.2, 0.25) is 10.0 Å². The first-order chi connectivity index (χ1) is 6.48. The van der Waals surface area contributed by atoms with Crippen LogP contribution in [0.25, 0.3) is 0 Å². The minimum Gasteiger partial charge on any atom is -0.212 e. The number of hydrogen-bond acceptors (Lipinski definition) is 2. The molecule has 0 spiro atoms. The maximum absolute atomic E-state index is 12.1. The fraction of sp³-hybridized carbons (Fsp3) is 1.00. The van der Waals surface area contributed by atoms with Gasteiger partial charge in [0, 0.05) is 11.9 Å². The standard InChI is InChI=1S/C7H12BrF2NO2S/c8-3-4-11(5-7(9)10)14(12,13)6-1-2-6/h6-7H,1-5H2. The van der Waals surface area contributed by atoms with Gasteiger partial charge in [0.1, 0.15) is 0 Å². The SMILES string of the molecule is O=S(=O)(C1CC1)N(CCBr)CC(F)F. The molecule has 0 amide bonds. The lowest BCUT2D eigenvalue weighted by molar-refractivity contribution is 0.121. The van der Waals surface area contributed by atoms with Gasteiger partial charge in [0.15, 0.2) is 0 Å². The van der Waals surface area contributed by atoms with E-state index in [9.17, 15) is 17.2 Å². The van der Waals surface area contributed by atoms with Crippen molar-refractivity contribution < 1.29 is 17.2 Å². The molecule has 3 nitrogen and oxygen atoms in total. The van der Waals surface area contributed by atoms with Crippen LogP contribution >= 0.6 is 15.9 Å². The van der Waals surface area contributed by atoms with Crippen LogP contribution < -0.4 is 0 Å². The second-order valence-corrected chi connectivity index (χ2v) is 6.19. The van der Waals surface area contributed by atoms with Gasteiger partial charge in [0.25, 0.3) is 6.43 Å². The van der Waals surface area contributed by atoms with Crippen molar-refractivity contribution in [1.29, 1.82) is 0 Å². The molecule has 1 saturated carbocycles. The summed E-state index contributed by atoms with van der Waals surface area (Å²) < 4.78 is 48.3. The van der Waals surface area contributed by atoms with Crippen molar-refractivity contribution in [3.63, 3.8) is 0 Å². The molecule has 0 aromatic carbocycles. The Morgan fingerprint density at radius 2 is 2.00 bits per heavy atom. The third-order valence-corrected chi connectivity index (χ3v) is 4.70. The van der Waals surface area contributed by atoms with Crippen molar-refractivity contribution >= 4 is 26.0 Å². The van der Waals surface area contributed by atoms with Gasteiger partial charge >= 0.3 is 0 Å². The molecule has 0 radical (unpaired) electrons. The lowest BCUT2D eigenvalue weighted by atomic mass is 10.6. The molecule has 0 heterocycles. The molecule has 1 aliphatic carbocycles. The molecule has 1 fully saturated rings. The average Bonchev–Trinajstić information content (AvgIpc) is 2.84. The van der Waals surface area contributed by atoms with Crippen LogP contribution in [0.3, 0.4) is 0 Å². The molecule has 0 unspecified atom stereocenters. The molecule has 84 valence electrons. The highest BCUT2D eigenvalue weighted by molar-refractivity contribution is 9.09. The minimum absolute atomic E-state index is 0.114. The first-order valence-electron chi connectivity index (χ1n) is 4.31. The van der Waals surface area contributed by atoms with E-state index in [1.807, 2.05) is 0 Å². The van der Waals surface area contributed by atoms with Gasteiger partial charge < -0.3 is 0 Å². The van der Waals surface area contributed by atoms with E-state index in [1.165, 1.54) is 0 Å². The molecule has 0 aromatic heterocycles. The molecule has 1 rings (SSSR count). The Kier molecular flexibility index (Phi) is 4.27. The van der Waals surface area contributed by atoms with E-state index in [1.54, 1.807) is 0 Å². The van der Waals surface area contributed by atoms with Crippen molar-refractivity contribution in [1.82, 2.24) is 4.31 Å². The van der Waals surface area contributed by atoms with Gasteiger partial charge in [-0.2, -0.15) is 4.31 Å². The van der Waals surface area contributed by atoms with Crippen molar-refractivity contribution in [3.8, 4) is 0 Å². The van der Waals surface area contributed by atoms with Gasteiger partial charge in [-0.3, -0.25) is 0 Å². The highest BCUT2D eigenvalue weighted by atomic mass is 79.9. The van der Waals surface area contributed by atoms with Crippen LogP contribution in [-0.2, 0) is 10.0 Å². The van der Waals surface area contributed by atoms with E-state index in [0.29, 0.717) is 18.2 Å². The summed E-state index contributed by atoms with van der Waals surface area (Å²) >= 11 is 3.05. The third-order valence-electron chi connectivity index (χ3n) is 1.98. The second kappa shape index (κ2) is 4.85. The lowest BCUT2D eigenvalue weighted by Crippen LogP contribution is -2.38. The number of nitrogens with zero attached hydrogens (tertiary/aromatic N) is 1. The molecular formula is C7H12BrF2NO2S. The largest absolute Gasteiger partial charge is 0.252 e. The first kappa shape index (κ1) is 12.3. The fourth-order valence-electron chi connectivity index (χ4n) is 1.15. The van der Waals surface area contributed by atoms with Gasteiger partial charge in [-0.25, -0.2) is 17.2 Å². The highest BCUT2D eigenvalue weighted by Crippen LogP contribution is 2.31. The van der Waals surface area contributed by atoms with E-state index in [2.05, 4.69) is 15.9 Å². The number of rotatable bonds is 6. The van der Waals surface area contributed by atoms with Crippen molar-refractivity contribution in [3.05, 3.63) is 0 Å². The molecule has 1 aliphatic rings. The third kappa shape index (κ3) is 3.13. The normalized spacial score (nSPS) is 18.1. The fourth-order valence-corrected chi connectivity index (χ4v) is 3.63. The van der Waals surface area contributed by atoms with E-state index in [4.69, 9.17) is 0 Å².